The molecule has 1 aromatic heterocycles. The van der Waals surface area contributed by atoms with Crippen LogP contribution >= 0.6 is 35.1 Å². The van der Waals surface area contributed by atoms with Crippen molar-refractivity contribution >= 4 is 46.7 Å². The molecule has 0 spiro atoms. The molecule has 2 aromatic carbocycles. The highest BCUT2D eigenvalue weighted by Crippen LogP contribution is 2.38. The van der Waals surface area contributed by atoms with Crippen molar-refractivity contribution < 1.29 is 4.79 Å². The zero-order chi connectivity index (χ0) is 20.9. The number of nitrogens with zero attached hydrogens (tertiary/aromatic N) is 3. The number of carbonyl (C=O) groups is 1. The molecule has 0 unspecified atom stereocenters. The van der Waals surface area contributed by atoms with Gasteiger partial charge in [0, 0.05) is 22.2 Å². The summed E-state index contributed by atoms with van der Waals surface area (Å²) >= 11 is 9.53. The monoisotopic (exact) mass is 458 g/mol. The predicted octanol–water partition coefficient (Wildman–Crippen LogP) is 6.17. The van der Waals surface area contributed by atoms with Crippen LogP contribution in [0.3, 0.4) is 0 Å². The molecule has 1 N–H and O–H groups in total. The van der Waals surface area contributed by atoms with Crippen molar-refractivity contribution in [2.45, 2.75) is 41.8 Å². The maximum absolute atomic E-state index is 12.5. The summed E-state index contributed by atoms with van der Waals surface area (Å²) in [5.41, 5.74) is 1.68. The van der Waals surface area contributed by atoms with E-state index in [4.69, 9.17) is 11.6 Å². The Hall–Kier alpha value is -1.96. The predicted molar refractivity (Wildman–Crippen MR) is 126 cm³/mol. The van der Waals surface area contributed by atoms with Crippen LogP contribution in [0.15, 0.2) is 58.6 Å². The van der Waals surface area contributed by atoms with Gasteiger partial charge in [-0.15, -0.1) is 22.0 Å². The maximum Gasteiger partial charge on any atom is 0.234 e. The molecule has 4 rings (SSSR count). The lowest BCUT2D eigenvalue weighted by atomic mass is 10.2. The standard InChI is InChI=1S/C22H23ClN4OS2/c1-29-17-12-10-15(11-13-17)24-20(28)14-30-22-26-25-21(18-8-4-5-9-19(18)23)27(22)16-6-2-3-7-16/h4-5,8-13,16H,2-3,6-7,14H2,1H3,(H,24,28). The fraction of sp³-hybridized carbons (Fsp3) is 0.318. The van der Waals surface area contributed by atoms with E-state index in [1.54, 1.807) is 11.8 Å². The second-order valence-electron chi connectivity index (χ2n) is 7.16. The zero-order valence-corrected chi connectivity index (χ0v) is 19.1. The van der Waals surface area contributed by atoms with Gasteiger partial charge in [0.05, 0.1) is 10.8 Å². The van der Waals surface area contributed by atoms with Gasteiger partial charge >= 0.3 is 0 Å². The van der Waals surface area contributed by atoms with E-state index in [1.165, 1.54) is 29.5 Å². The number of amides is 1. The van der Waals surface area contributed by atoms with Crippen LogP contribution in [-0.4, -0.2) is 32.7 Å². The largest absolute Gasteiger partial charge is 0.325 e. The van der Waals surface area contributed by atoms with E-state index in [0.717, 1.165) is 35.1 Å². The number of aromatic nitrogens is 3. The van der Waals surface area contributed by atoms with Crippen LogP contribution in [0.2, 0.25) is 5.02 Å². The summed E-state index contributed by atoms with van der Waals surface area (Å²) in [4.78, 5) is 13.7. The number of carbonyl (C=O) groups excluding carboxylic acids is 1. The van der Waals surface area contributed by atoms with E-state index in [-0.39, 0.29) is 11.7 Å². The van der Waals surface area contributed by atoms with Crippen LogP contribution < -0.4 is 5.32 Å². The minimum absolute atomic E-state index is 0.0582. The molecule has 0 aliphatic heterocycles. The molecule has 0 bridgehead atoms. The van der Waals surface area contributed by atoms with Gasteiger partial charge in [-0.25, -0.2) is 0 Å². The highest BCUT2D eigenvalue weighted by Gasteiger charge is 2.26. The average Bonchev–Trinajstić information content (AvgIpc) is 3.43. The lowest BCUT2D eigenvalue weighted by molar-refractivity contribution is -0.113. The van der Waals surface area contributed by atoms with Gasteiger partial charge in [-0.1, -0.05) is 48.3 Å². The molecule has 1 aliphatic rings. The number of anilines is 1. The minimum Gasteiger partial charge on any atom is -0.325 e. The third-order valence-corrected chi connectivity index (χ3v) is 7.19. The van der Waals surface area contributed by atoms with Gasteiger partial charge < -0.3 is 5.32 Å². The SMILES string of the molecule is CSc1ccc(NC(=O)CSc2nnc(-c3ccccc3Cl)n2C2CCCC2)cc1. The molecule has 1 aliphatic carbocycles. The number of benzene rings is 2. The summed E-state index contributed by atoms with van der Waals surface area (Å²) < 4.78 is 2.18. The topological polar surface area (TPSA) is 59.8 Å². The molecule has 1 amide bonds. The van der Waals surface area contributed by atoms with Gasteiger partial charge in [-0.05, 0) is 55.5 Å². The smallest absolute Gasteiger partial charge is 0.234 e. The number of nitrogens with one attached hydrogen (secondary N) is 1. The normalized spacial score (nSPS) is 14.2. The van der Waals surface area contributed by atoms with Crippen molar-refractivity contribution in [3.05, 3.63) is 53.6 Å². The lowest BCUT2D eigenvalue weighted by Gasteiger charge is -2.17. The van der Waals surface area contributed by atoms with E-state index < -0.39 is 0 Å². The summed E-state index contributed by atoms with van der Waals surface area (Å²) in [6, 6.07) is 15.9. The van der Waals surface area contributed by atoms with Gasteiger partial charge in [0.1, 0.15) is 0 Å². The molecule has 0 radical (unpaired) electrons. The summed E-state index contributed by atoms with van der Waals surface area (Å²) in [5, 5.41) is 13.2. The van der Waals surface area contributed by atoms with Crippen LogP contribution in [-0.2, 0) is 4.79 Å². The second kappa shape index (κ2) is 9.90. The molecule has 5 nitrogen and oxygen atoms in total. The molecular weight excluding hydrogens is 436 g/mol. The van der Waals surface area contributed by atoms with E-state index in [1.807, 2.05) is 54.8 Å². The van der Waals surface area contributed by atoms with Gasteiger partial charge in [0.15, 0.2) is 11.0 Å². The second-order valence-corrected chi connectivity index (χ2v) is 9.39. The molecular formula is C22H23ClN4OS2. The van der Waals surface area contributed by atoms with Crippen molar-refractivity contribution in [1.82, 2.24) is 14.8 Å². The first-order valence-electron chi connectivity index (χ1n) is 9.92. The molecule has 0 atom stereocenters. The Kier molecular flexibility index (Phi) is 7.02. The van der Waals surface area contributed by atoms with Gasteiger partial charge in [-0.2, -0.15) is 0 Å². The van der Waals surface area contributed by atoms with Crippen molar-refractivity contribution in [1.29, 1.82) is 0 Å². The van der Waals surface area contributed by atoms with Crippen molar-refractivity contribution in [2.24, 2.45) is 0 Å². The van der Waals surface area contributed by atoms with Crippen LogP contribution in [0.25, 0.3) is 11.4 Å². The Bertz CT molecular complexity index is 1020. The molecule has 8 heteroatoms. The molecule has 156 valence electrons. The molecule has 0 saturated heterocycles. The van der Waals surface area contributed by atoms with Gasteiger partial charge in [0.25, 0.3) is 0 Å². The number of hydrogen-bond acceptors (Lipinski definition) is 5. The highest BCUT2D eigenvalue weighted by atomic mass is 35.5. The van der Waals surface area contributed by atoms with E-state index in [2.05, 4.69) is 20.1 Å². The Balaban J connectivity index is 1.50. The van der Waals surface area contributed by atoms with Crippen molar-refractivity contribution in [2.75, 3.05) is 17.3 Å². The molecule has 30 heavy (non-hydrogen) atoms. The Morgan fingerprint density at radius 2 is 1.87 bits per heavy atom. The molecule has 1 heterocycles. The summed E-state index contributed by atoms with van der Waals surface area (Å²) in [6.07, 6.45) is 6.61. The van der Waals surface area contributed by atoms with E-state index in [9.17, 15) is 4.79 Å². The average molecular weight is 459 g/mol. The Morgan fingerprint density at radius 1 is 1.13 bits per heavy atom. The number of halogens is 1. The first kappa shape index (κ1) is 21.3. The zero-order valence-electron chi connectivity index (χ0n) is 16.7. The number of rotatable bonds is 7. The summed E-state index contributed by atoms with van der Waals surface area (Å²) in [6.45, 7) is 0. The van der Waals surface area contributed by atoms with Crippen molar-refractivity contribution in [3.63, 3.8) is 0 Å². The molecule has 1 fully saturated rings. The quantitative estimate of drug-likeness (QED) is 0.429. The van der Waals surface area contributed by atoms with E-state index >= 15 is 0 Å². The Morgan fingerprint density at radius 3 is 2.57 bits per heavy atom. The van der Waals surface area contributed by atoms with Crippen molar-refractivity contribution in [3.8, 4) is 11.4 Å². The number of hydrogen-bond donors (Lipinski definition) is 1. The minimum atomic E-state index is -0.0582. The summed E-state index contributed by atoms with van der Waals surface area (Å²) in [5.74, 6) is 0.998. The van der Waals surface area contributed by atoms with Crippen LogP contribution in [0, 0.1) is 0 Å². The van der Waals surface area contributed by atoms with Crippen LogP contribution in [0.5, 0.6) is 0 Å². The fourth-order valence-corrected chi connectivity index (χ4v) is 5.13. The number of thioether (sulfide) groups is 2. The first-order valence-corrected chi connectivity index (χ1v) is 12.5. The third-order valence-electron chi connectivity index (χ3n) is 5.18. The highest BCUT2D eigenvalue weighted by molar-refractivity contribution is 7.99. The Labute approximate surface area is 190 Å². The van der Waals surface area contributed by atoms with Gasteiger partial charge in [0.2, 0.25) is 5.91 Å². The lowest BCUT2D eigenvalue weighted by Crippen LogP contribution is -2.15. The van der Waals surface area contributed by atoms with E-state index in [0.29, 0.717) is 11.1 Å². The van der Waals surface area contributed by atoms with Gasteiger partial charge in [-0.3, -0.25) is 9.36 Å². The van der Waals surface area contributed by atoms with Crippen LogP contribution in [0.4, 0.5) is 5.69 Å². The fourth-order valence-electron chi connectivity index (χ4n) is 3.69. The maximum atomic E-state index is 12.5. The third kappa shape index (κ3) is 4.85. The first-order chi connectivity index (χ1) is 14.7. The summed E-state index contributed by atoms with van der Waals surface area (Å²) in [7, 11) is 0. The van der Waals surface area contributed by atoms with Crippen LogP contribution in [0.1, 0.15) is 31.7 Å². The molecule has 3 aromatic rings. The molecule has 1 saturated carbocycles.